The van der Waals surface area contributed by atoms with Crippen molar-refractivity contribution in [3.63, 3.8) is 0 Å². The van der Waals surface area contributed by atoms with Gasteiger partial charge in [-0.1, -0.05) is 43.5 Å². The fraction of sp³-hybridized carbons (Fsp3) is 0.667. The summed E-state index contributed by atoms with van der Waals surface area (Å²) in [6.45, 7) is 2.28. The van der Waals surface area contributed by atoms with E-state index in [4.69, 9.17) is 0 Å². The molecule has 0 radical (unpaired) electrons. The maximum Gasteiger partial charge on any atom is 0.166 e. The van der Waals surface area contributed by atoms with Gasteiger partial charge in [-0.2, -0.15) is 0 Å². The van der Waals surface area contributed by atoms with Crippen LogP contribution in [0.2, 0.25) is 0 Å². The van der Waals surface area contributed by atoms with Crippen LogP contribution in [0.5, 0.6) is 0 Å². The summed E-state index contributed by atoms with van der Waals surface area (Å²) in [6.07, 6.45) is 11.4. The zero-order valence-corrected chi connectivity index (χ0v) is 14.6. The van der Waals surface area contributed by atoms with Gasteiger partial charge >= 0.3 is 0 Å². The predicted molar refractivity (Wildman–Crippen MR) is 95.9 cm³/mol. The van der Waals surface area contributed by atoms with Crippen LogP contribution in [0.3, 0.4) is 0 Å². The third-order valence-corrected chi connectivity index (χ3v) is 5.81. The molecule has 1 atom stereocenters. The third-order valence-electron chi connectivity index (χ3n) is 5.81. The maximum atomic E-state index is 12.8. The molecule has 1 unspecified atom stereocenters. The molecular formula is C21H31NO. The summed E-state index contributed by atoms with van der Waals surface area (Å²) < 4.78 is 0. The second-order valence-electron chi connectivity index (χ2n) is 7.67. The topological polar surface area (TPSA) is 20.3 Å². The highest BCUT2D eigenvalue weighted by atomic mass is 16.1. The lowest BCUT2D eigenvalue weighted by molar-refractivity contribution is 0.0898. The van der Waals surface area contributed by atoms with Gasteiger partial charge in [0.15, 0.2) is 5.78 Å². The molecule has 23 heavy (non-hydrogen) atoms. The molecule has 0 spiro atoms. The average molecular weight is 313 g/mol. The SMILES string of the molecule is CN(CCC1CCCc2ccccc2C1=O)CC1CCCCC1. The van der Waals surface area contributed by atoms with Gasteiger partial charge in [-0.3, -0.25) is 4.79 Å². The van der Waals surface area contributed by atoms with Crippen molar-refractivity contribution in [3.8, 4) is 0 Å². The van der Waals surface area contributed by atoms with Gasteiger partial charge < -0.3 is 4.90 Å². The van der Waals surface area contributed by atoms with Crippen LogP contribution >= 0.6 is 0 Å². The summed E-state index contributed by atoms with van der Waals surface area (Å²) in [4.78, 5) is 15.3. The first-order chi connectivity index (χ1) is 11.2. The summed E-state index contributed by atoms with van der Waals surface area (Å²) in [5, 5.41) is 0. The van der Waals surface area contributed by atoms with E-state index in [9.17, 15) is 4.79 Å². The Hall–Kier alpha value is -1.15. The van der Waals surface area contributed by atoms with Crippen LogP contribution in [0.4, 0.5) is 0 Å². The van der Waals surface area contributed by atoms with Gasteiger partial charge in [-0.25, -0.2) is 0 Å². The van der Waals surface area contributed by atoms with Crippen molar-refractivity contribution in [2.45, 2.75) is 57.8 Å². The van der Waals surface area contributed by atoms with Crippen molar-refractivity contribution < 1.29 is 4.79 Å². The Morgan fingerprint density at radius 2 is 1.83 bits per heavy atom. The van der Waals surface area contributed by atoms with E-state index in [1.807, 2.05) is 12.1 Å². The van der Waals surface area contributed by atoms with E-state index < -0.39 is 0 Å². The van der Waals surface area contributed by atoms with Crippen molar-refractivity contribution in [1.82, 2.24) is 4.90 Å². The van der Waals surface area contributed by atoms with E-state index in [0.717, 1.165) is 43.7 Å². The lowest BCUT2D eigenvalue weighted by Gasteiger charge is -2.27. The number of nitrogens with zero attached hydrogens (tertiary/aromatic N) is 1. The molecule has 1 aromatic carbocycles. The molecule has 126 valence electrons. The quantitative estimate of drug-likeness (QED) is 0.733. The Balaban J connectivity index is 1.52. The number of rotatable bonds is 5. The highest BCUT2D eigenvalue weighted by molar-refractivity contribution is 5.99. The molecule has 0 saturated heterocycles. The second-order valence-corrected chi connectivity index (χ2v) is 7.67. The van der Waals surface area contributed by atoms with E-state index in [0.29, 0.717) is 5.78 Å². The first kappa shape index (κ1) is 16.7. The normalized spacial score (nSPS) is 22.9. The molecule has 2 aliphatic rings. The Labute approximate surface area is 141 Å². The zero-order chi connectivity index (χ0) is 16.1. The second kappa shape index (κ2) is 8.10. The molecule has 0 heterocycles. The Kier molecular flexibility index (Phi) is 5.88. The van der Waals surface area contributed by atoms with Crippen molar-refractivity contribution in [2.75, 3.05) is 20.1 Å². The van der Waals surface area contributed by atoms with Crippen LogP contribution < -0.4 is 0 Å². The van der Waals surface area contributed by atoms with Gasteiger partial charge in [0, 0.05) is 18.0 Å². The number of ketones is 1. The predicted octanol–water partition coefficient (Wildman–Crippen LogP) is 4.72. The minimum atomic E-state index is 0.229. The molecule has 0 aliphatic heterocycles. The van der Waals surface area contributed by atoms with Crippen LogP contribution in [0.15, 0.2) is 24.3 Å². The van der Waals surface area contributed by atoms with E-state index in [-0.39, 0.29) is 5.92 Å². The molecule has 1 saturated carbocycles. The minimum absolute atomic E-state index is 0.229. The molecule has 3 rings (SSSR count). The summed E-state index contributed by atoms with van der Waals surface area (Å²) in [5.41, 5.74) is 2.25. The van der Waals surface area contributed by atoms with E-state index in [1.54, 1.807) is 0 Å². The van der Waals surface area contributed by atoms with E-state index in [1.165, 1.54) is 44.2 Å². The number of fused-ring (bicyclic) bond motifs is 1. The fourth-order valence-electron chi connectivity index (χ4n) is 4.42. The average Bonchev–Trinajstić information content (AvgIpc) is 2.73. The van der Waals surface area contributed by atoms with Crippen LogP contribution in [0.25, 0.3) is 0 Å². The monoisotopic (exact) mass is 313 g/mol. The highest BCUT2D eigenvalue weighted by Crippen LogP contribution is 2.28. The van der Waals surface area contributed by atoms with Crippen molar-refractivity contribution >= 4 is 5.78 Å². The number of Topliss-reactive ketones (excluding diaryl/α,β-unsaturated/α-hetero) is 1. The lowest BCUT2D eigenvalue weighted by atomic mass is 9.88. The summed E-state index contributed by atoms with van der Waals surface area (Å²) >= 11 is 0. The third kappa shape index (κ3) is 4.44. The van der Waals surface area contributed by atoms with Crippen LogP contribution in [-0.2, 0) is 6.42 Å². The first-order valence-corrected chi connectivity index (χ1v) is 9.54. The number of benzene rings is 1. The number of hydrogen-bond donors (Lipinski definition) is 0. The highest BCUT2D eigenvalue weighted by Gasteiger charge is 2.25. The Bertz CT molecular complexity index is 518. The number of carbonyl (C=O) groups is 1. The molecule has 1 fully saturated rings. The first-order valence-electron chi connectivity index (χ1n) is 9.54. The number of aryl methyl sites for hydroxylation is 1. The molecule has 0 bridgehead atoms. The van der Waals surface area contributed by atoms with Gasteiger partial charge in [-0.05, 0) is 63.6 Å². The van der Waals surface area contributed by atoms with Crippen LogP contribution in [0, 0.1) is 11.8 Å². The summed E-state index contributed by atoms with van der Waals surface area (Å²) in [6, 6.07) is 8.23. The van der Waals surface area contributed by atoms with Gasteiger partial charge in [-0.15, -0.1) is 0 Å². The summed E-state index contributed by atoms with van der Waals surface area (Å²) in [5.74, 6) is 1.51. The summed E-state index contributed by atoms with van der Waals surface area (Å²) in [7, 11) is 2.24. The Morgan fingerprint density at radius 1 is 1.04 bits per heavy atom. The van der Waals surface area contributed by atoms with Gasteiger partial charge in [0.05, 0.1) is 0 Å². The molecule has 1 aromatic rings. The maximum absolute atomic E-state index is 12.8. The van der Waals surface area contributed by atoms with Gasteiger partial charge in [0.2, 0.25) is 0 Å². The molecule has 0 amide bonds. The smallest absolute Gasteiger partial charge is 0.166 e. The standard InChI is InChI=1S/C21H31NO/c1-22(16-17-8-3-2-4-9-17)15-14-19-12-7-11-18-10-5-6-13-20(18)21(19)23/h5-6,10,13,17,19H,2-4,7-9,11-12,14-16H2,1H3. The van der Waals surface area contributed by atoms with Crippen molar-refractivity contribution in [3.05, 3.63) is 35.4 Å². The number of hydrogen-bond acceptors (Lipinski definition) is 2. The van der Waals surface area contributed by atoms with Gasteiger partial charge in [0.1, 0.15) is 0 Å². The molecule has 2 heteroatoms. The van der Waals surface area contributed by atoms with Crippen molar-refractivity contribution in [2.24, 2.45) is 11.8 Å². The molecular weight excluding hydrogens is 282 g/mol. The largest absolute Gasteiger partial charge is 0.306 e. The molecule has 2 aliphatic carbocycles. The lowest BCUT2D eigenvalue weighted by Crippen LogP contribution is -2.30. The fourth-order valence-corrected chi connectivity index (χ4v) is 4.42. The zero-order valence-electron chi connectivity index (χ0n) is 14.6. The van der Waals surface area contributed by atoms with Crippen molar-refractivity contribution in [1.29, 1.82) is 0 Å². The van der Waals surface area contributed by atoms with Crippen LogP contribution in [-0.4, -0.2) is 30.8 Å². The Morgan fingerprint density at radius 3 is 2.65 bits per heavy atom. The van der Waals surface area contributed by atoms with Gasteiger partial charge in [0.25, 0.3) is 0 Å². The minimum Gasteiger partial charge on any atom is -0.306 e. The van der Waals surface area contributed by atoms with Crippen LogP contribution in [0.1, 0.15) is 67.3 Å². The van der Waals surface area contributed by atoms with E-state index in [2.05, 4.69) is 24.1 Å². The molecule has 0 aromatic heterocycles. The molecule has 2 nitrogen and oxygen atoms in total. The number of carbonyl (C=O) groups excluding carboxylic acids is 1. The molecule has 0 N–H and O–H groups in total. The van der Waals surface area contributed by atoms with E-state index >= 15 is 0 Å².